The predicted octanol–water partition coefficient (Wildman–Crippen LogP) is 6.19. The van der Waals surface area contributed by atoms with E-state index in [1.165, 1.54) is 0 Å². The molecule has 0 unspecified atom stereocenters. The van der Waals surface area contributed by atoms with Crippen LogP contribution in [0.1, 0.15) is 90.2 Å². The zero-order valence-corrected chi connectivity index (χ0v) is 37.4. The van der Waals surface area contributed by atoms with E-state index in [1.807, 2.05) is 9.80 Å². The molecule has 2 aromatic carbocycles. The SMILES string of the molecule is CC(C)N1CCN(C(=O)[C@H]2CC[C@H](NS(=O)(=O)c3ccc(C(F)(F)F)cc3)CC2)CC1.CC(C)N1CCN(C(=O)[C@H]2CC[C@H](NS(=O)(=O)c3ccc(C(F)(F)F)cc3)CC2)CC1. The van der Waals surface area contributed by atoms with E-state index >= 15 is 0 Å². The standard InChI is InChI=1S/2C21H30F3N3O3S/c2*1-15(2)26-11-13-27(14-12-26)20(28)16-3-7-18(8-4-16)25-31(29,30)19-9-5-17(6-10-19)21(22,23)24/h2*5-6,9-10,15-16,18,25H,3-4,7-8,11-14H2,1-2H3/t2*16-,18-. The molecular weight excluding hydrogens is 863 g/mol. The number of halogens is 6. The lowest BCUT2D eigenvalue weighted by Gasteiger charge is -2.39. The fourth-order valence-corrected chi connectivity index (χ4v) is 11.2. The molecule has 0 spiro atoms. The van der Waals surface area contributed by atoms with Crippen LogP contribution in [0, 0.1) is 11.8 Å². The summed E-state index contributed by atoms with van der Waals surface area (Å²) < 4.78 is 131. The van der Waals surface area contributed by atoms with Gasteiger partial charge in [0.15, 0.2) is 0 Å². The molecule has 4 aliphatic rings. The Labute approximate surface area is 361 Å². The van der Waals surface area contributed by atoms with Gasteiger partial charge in [0.25, 0.3) is 0 Å². The zero-order chi connectivity index (χ0) is 45.6. The molecular formula is C42H60F6N6O6S2. The van der Waals surface area contributed by atoms with E-state index in [1.54, 1.807) is 0 Å². The van der Waals surface area contributed by atoms with Crippen LogP contribution in [-0.4, -0.2) is 125 Å². The second-order valence-electron chi connectivity index (χ2n) is 17.3. The van der Waals surface area contributed by atoms with Gasteiger partial charge in [-0.25, -0.2) is 26.3 Å². The monoisotopic (exact) mass is 922 g/mol. The van der Waals surface area contributed by atoms with E-state index in [0.29, 0.717) is 63.5 Å². The minimum atomic E-state index is -4.51. The molecule has 2 saturated carbocycles. The van der Waals surface area contributed by atoms with Crippen molar-refractivity contribution in [1.82, 2.24) is 29.0 Å². The number of benzene rings is 2. The third-order valence-corrected chi connectivity index (χ3v) is 15.6. The summed E-state index contributed by atoms with van der Waals surface area (Å²) in [5, 5.41) is 0. The van der Waals surface area contributed by atoms with E-state index in [0.717, 1.165) is 101 Å². The normalized spacial score (nSPS) is 23.9. The van der Waals surface area contributed by atoms with E-state index in [9.17, 15) is 52.8 Å². The Morgan fingerprint density at radius 3 is 1.02 bits per heavy atom. The lowest BCUT2D eigenvalue weighted by atomic mass is 9.85. The number of hydrogen-bond donors (Lipinski definition) is 2. The maximum atomic E-state index is 12.8. The van der Waals surface area contributed by atoms with Crippen LogP contribution in [-0.2, 0) is 42.0 Å². The van der Waals surface area contributed by atoms with Crippen molar-refractivity contribution in [2.75, 3.05) is 52.4 Å². The van der Waals surface area contributed by atoms with Gasteiger partial charge in [-0.2, -0.15) is 26.3 Å². The Bertz CT molecular complexity index is 1860. The maximum absolute atomic E-state index is 12.8. The molecule has 2 saturated heterocycles. The van der Waals surface area contributed by atoms with Crippen molar-refractivity contribution in [2.24, 2.45) is 11.8 Å². The highest BCUT2D eigenvalue weighted by Crippen LogP contribution is 2.33. The molecule has 348 valence electrons. The number of amides is 2. The van der Waals surface area contributed by atoms with Crippen molar-refractivity contribution in [3.8, 4) is 0 Å². The fourth-order valence-electron chi connectivity index (χ4n) is 8.57. The largest absolute Gasteiger partial charge is 0.416 e. The van der Waals surface area contributed by atoms with Gasteiger partial charge in [0.1, 0.15) is 0 Å². The summed E-state index contributed by atoms with van der Waals surface area (Å²) in [4.78, 5) is 33.8. The topological polar surface area (TPSA) is 139 Å². The molecule has 0 bridgehead atoms. The van der Waals surface area contributed by atoms with Crippen molar-refractivity contribution < 1.29 is 52.8 Å². The van der Waals surface area contributed by atoms with Gasteiger partial charge in [-0.1, -0.05) is 0 Å². The highest BCUT2D eigenvalue weighted by atomic mass is 32.2. The van der Waals surface area contributed by atoms with Crippen LogP contribution in [0.5, 0.6) is 0 Å². The number of nitrogens with one attached hydrogen (secondary N) is 2. The fraction of sp³-hybridized carbons (Fsp3) is 0.667. The Hall–Kier alpha value is -3.30. The smallest absolute Gasteiger partial charge is 0.340 e. The number of sulfonamides is 2. The van der Waals surface area contributed by atoms with Gasteiger partial charge in [0.2, 0.25) is 31.9 Å². The Morgan fingerprint density at radius 1 is 0.500 bits per heavy atom. The summed E-state index contributed by atoms with van der Waals surface area (Å²) in [6, 6.07) is 7.22. The highest BCUT2D eigenvalue weighted by molar-refractivity contribution is 7.89. The zero-order valence-electron chi connectivity index (χ0n) is 35.7. The van der Waals surface area contributed by atoms with Crippen molar-refractivity contribution in [3.05, 3.63) is 59.7 Å². The summed E-state index contributed by atoms with van der Waals surface area (Å²) in [5.41, 5.74) is -1.78. The van der Waals surface area contributed by atoms with Crippen LogP contribution in [0.3, 0.4) is 0 Å². The van der Waals surface area contributed by atoms with Crippen LogP contribution >= 0.6 is 0 Å². The summed E-state index contributed by atoms with van der Waals surface area (Å²) in [6.07, 6.45) is -4.50. The molecule has 20 heteroatoms. The van der Waals surface area contributed by atoms with Crippen molar-refractivity contribution in [2.45, 2.75) is 125 Å². The molecule has 2 heterocycles. The first-order chi connectivity index (χ1) is 28.9. The van der Waals surface area contributed by atoms with Crippen molar-refractivity contribution >= 4 is 31.9 Å². The minimum absolute atomic E-state index is 0.0996. The number of hydrogen-bond acceptors (Lipinski definition) is 8. The van der Waals surface area contributed by atoms with Crippen LogP contribution in [0.4, 0.5) is 26.3 Å². The van der Waals surface area contributed by atoms with Gasteiger partial charge < -0.3 is 9.80 Å². The maximum Gasteiger partial charge on any atom is 0.416 e. The van der Waals surface area contributed by atoms with Crippen LogP contribution in [0.25, 0.3) is 0 Å². The lowest BCUT2D eigenvalue weighted by molar-refractivity contribution is -0.139. The molecule has 12 nitrogen and oxygen atoms in total. The molecule has 2 amide bonds. The lowest BCUT2D eigenvalue weighted by Crippen LogP contribution is -2.52. The van der Waals surface area contributed by atoms with Gasteiger partial charge in [-0.05, 0) is 128 Å². The average Bonchev–Trinajstić information content (AvgIpc) is 3.23. The third-order valence-electron chi connectivity index (χ3n) is 12.5. The quantitative estimate of drug-likeness (QED) is 0.269. The number of piperazine rings is 2. The number of alkyl halides is 6. The molecule has 2 aliphatic carbocycles. The predicted molar refractivity (Wildman–Crippen MR) is 222 cm³/mol. The molecule has 0 atom stereocenters. The van der Waals surface area contributed by atoms with Gasteiger partial charge in [0, 0.05) is 88.4 Å². The third kappa shape index (κ3) is 13.4. The van der Waals surface area contributed by atoms with Crippen LogP contribution in [0.15, 0.2) is 58.3 Å². The number of nitrogens with zero attached hydrogens (tertiary/aromatic N) is 4. The van der Waals surface area contributed by atoms with Crippen LogP contribution < -0.4 is 9.44 Å². The molecule has 2 aromatic rings. The van der Waals surface area contributed by atoms with Gasteiger partial charge in [-0.3, -0.25) is 19.4 Å². The molecule has 4 fully saturated rings. The summed E-state index contributed by atoms with van der Waals surface area (Å²) in [7, 11) is -7.83. The first-order valence-electron chi connectivity index (χ1n) is 21.4. The molecule has 2 N–H and O–H groups in total. The van der Waals surface area contributed by atoms with E-state index in [-0.39, 0.29) is 45.5 Å². The van der Waals surface area contributed by atoms with Crippen molar-refractivity contribution in [1.29, 1.82) is 0 Å². The Morgan fingerprint density at radius 2 is 0.774 bits per heavy atom. The van der Waals surface area contributed by atoms with Gasteiger partial charge in [-0.15, -0.1) is 0 Å². The second-order valence-corrected chi connectivity index (χ2v) is 20.7. The highest BCUT2D eigenvalue weighted by Gasteiger charge is 2.36. The number of carbonyl (C=O) groups excluding carboxylic acids is 2. The molecule has 2 aliphatic heterocycles. The van der Waals surface area contributed by atoms with Crippen LogP contribution in [0.2, 0.25) is 0 Å². The first kappa shape index (κ1) is 49.7. The summed E-state index contributed by atoms with van der Waals surface area (Å²) in [5.74, 6) is 0.0924. The molecule has 0 radical (unpaired) electrons. The average molecular weight is 923 g/mol. The molecule has 62 heavy (non-hydrogen) atoms. The molecule has 0 aromatic heterocycles. The first-order valence-corrected chi connectivity index (χ1v) is 24.4. The Balaban J connectivity index is 0.000000234. The van der Waals surface area contributed by atoms with Gasteiger partial charge >= 0.3 is 12.4 Å². The number of carbonyl (C=O) groups is 2. The minimum Gasteiger partial charge on any atom is -0.340 e. The van der Waals surface area contributed by atoms with Gasteiger partial charge in [0.05, 0.1) is 20.9 Å². The molecule has 6 rings (SSSR count). The van der Waals surface area contributed by atoms with E-state index in [2.05, 4.69) is 46.9 Å². The second kappa shape index (κ2) is 20.7. The van der Waals surface area contributed by atoms with E-state index in [4.69, 9.17) is 0 Å². The van der Waals surface area contributed by atoms with E-state index < -0.39 is 43.5 Å². The van der Waals surface area contributed by atoms with Crippen molar-refractivity contribution in [3.63, 3.8) is 0 Å². The summed E-state index contributed by atoms with van der Waals surface area (Å²) in [6.45, 7) is 14.9. The Kier molecular flexibility index (Phi) is 16.6. The number of rotatable bonds is 10. The summed E-state index contributed by atoms with van der Waals surface area (Å²) >= 11 is 0.